The lowest BCUT2D eigenvalue weighted by molar-refractivity contribution is -0.137. The van der Waals surface area contributed by atoms with Gasteiger partial charge in [0.1, 0.15) is 23.5 Å². The average Bonchev–Trinajstić information content (AvgIpc) is 3.46. The number of halogens is 2. The van der Waals surface area contributed by atoms with Crippen molar-refractivity contribution in [2.24, 2.45) is 5.41 Å². The third kappa shape index (κ3) is 7.84. The Morgan fingerprint density at radius 1 is 1.22 bits per heavy atom. The maximum absolute atomic E-state index is 14.2. The number of carbonyl (C=O) groups excluding carboxylic acids is 3. The molecule has 0 radical (unpaired) electrons. The second-order valence-electron chi connectivity index (χ2n) is 11.0. The van der Waals surface area contributed by atoms with Gasteiger partial charge >= 0.3 is 0 Å². The van der Waals surface area contributed by atoms with E-state index in [4.69, 9.17) is 0 Å². The standard InChI is InChI=1S/C27H37F2N5O3/c1-16-7-6-12-34(16)24(36)14-21(32-23(35)10-11-27(3,4)5)26(37)31-17(2)25-30-15-22(33-25)19-9-8-18(28)13-20(19)29/h8-9,13,15-17,21H,6-7,10-12,14H2,1-5H3,(H,30,33)(H,31,37)(H,32,35)/t16-,17?,21?/m0/s1. The fourth-order valence-corrected chi connectivity index (χ4v) is 4.34. The Labute approximate surface area is 216 Å². The van der Waals surface area contributed by atoms with Gasteiger partial charge in [0.05, 0.1) is 24.4 Å². The molecule has 0 aliphatic carbocycles. The van der Waals surface area contributed by atoms with E-state index in [9.17, 15) is 23.2 Å². The predicted octanol–water partition coefficient (Wildman–Crippen LogP) is 4.24. The summed E-state index contributed by atoms with van der Waals surface area (Å²) < 4.78 is 27.4. The minimum atomic E-state index is -1.04. The minimum Gasteiger partial charge on any atom is -0.345 e. The highest BCUT2D eigenvalue weighted by Gasteiger charge is 2.31. The zero-order valence-electron chi connectivity index (χ0n) is 22.2. The molecule has 37 heavy (non-hydrogen) atoms. The Morgan fingerprint density at radius 3 is 2.57 bits per heavy atom. The first-order valence-corrected chi connectivity index (χ1v) is 12.7. The third-order valence-corrected chi connectivity index (χ3v) is 6.59. The van der Waals surface area contributed by atoms with Crippen LogP contribution in [-0.2, 0) is 14.4 Å². The molecule has 2 unspecified atom stereocenters. The molecule has 0 bridgehead atoms. The molecule has 3 atom stereocenters. The molecule has 8 nitrogen and oxygen atoms in total. The van der Waals surface area contributed by atoms with Gasteiger partial charge in [-0.15, -0.1) is 0 Å². The van der Waals surface area contributed by atoms with E-state index in [0.717, 1.165) is 25.0 Å². The highest BCUT2D eigenvalue weighted by Crippen LogP contribution is 2.24. The Hall–Kier alpha value is -3.30. The summed E-state index contributed by atoms with van der Waals surface area (Å²) in [6.45, 7) is 10.4. The summed E-state index contributed by atoms with van der Waals surface area (Å²) in [7, 11) is 0. The second-order valence-corrected chi connectivity index (χ2v) is 11.0. The number of nitrogens with one attached hydrogen (secondary N) is 3. The molecule has 3 rings (SSSR count). The summed E-state index contributed by atoms with van der Waals surface area (Å²) in [6.07, 6.45) is 3.95. The summed E-state index contributed by atoms with van der Waals surface area (Å²) in [5.41, 5.74) is 0.428. The zero-order chi connectivity index (χ0) is 27.3. The second kappa shape index (κ2) is 11.8. The molecular weight excluding hydrogens is 480 g/mol. The molecule has 0 spiro atoms. The Morgan fingerprint density at radius 2 is 1.95 bits per heavy atom. The summed E-state index contributed by atoms with van der Waals surface area (Å²) in [5.74, 6) is -2.06. The summed E-state index contributed by atoms with van der Waals surface area (Å²) in [4.78, 5) is 47.8. The molecule has 2 heterocycles. The van der Waals surface area contributed by atoms with Crippen LogP contribution >= 0.6 is 0 Å². The third-order valence-electron chi connectivity index (χ3n) is 6.59. The topological polar surface area (TPSA) is 107 Å². The van der Waals surface area contributed by atoms with Crippen molar-refractivity contribution < 1.29 is 23.2 Å². The van der Waals surface area contributed by atoms with Crippen molar-refractivity contribution >= 4 is 17.7 Å². The Bertz CT molecular complexity index is 1130. The first-order valence-electron chi connectivity index (χ1n) is 12.7. The van der Waals surface area contributed by atoms with Gasteiger partial charge in [-0.3, -0.25) is 14.4 Å². The zero-order valence-corrected chi connectivity index (χ0v) is 22.2. The average molecular weight is 518 g/mol. The molecule has 2 aromatic rings. The minimum absolute atomic E-state index is 0.0502. The number of benzene rings is 1. The summed E-state index contributed by atoms with van der Waals surface area (Å²) in [6, 6.07) is 1.67. The number of likely N-dealkylation sites (tertiary alicyclic amines) is 1. The fourth-order valence-electron chi connectivity index (χ4n) is 4.34. The summed E-state index contributed by atoms with van der Waals surface area (Å²) >= 11 is 0. The van der Waals surface area contributed by atoms with Crippen LogP contribution in [-0.4, -0.2) is 51.2 Å². The lowest BCUT2D eigenvalue weighted by atomic mass is 9.90. The lowest BCUT2D eigenvalue weighted by Gasteiger charge is -2.26. The van der Waals surface area contributed by atoms with E-state index in [-0.39, 0.29) is 41.7 Å². The molecule has 3 N–H and O–H groups in total. The number of hydrogen-bond acceptors (Lipinski definition) is 4. The van der Waals surface area contributed by atoms with E-state index in [1.807, 2.05) is 27.7 Å². The van der Waals surface area contributed by atoms with Crippen LogP contribution in [0.2, 0.25) is 0 Å². The van der Waals surface area contributed by atoms with E-state index in [1.165, 1.54) is 12.3 Å². The quantitative estimate of drug-likeness (QED) is 0.462. The van der Waals surface area contributed by atoms with Crippen molar-refractivity contribution in [3.05, 3.63) is 41.9 Å². The smallest absolute Gasteiger partial charge is 0.243 e. The van der Waals surface area contributed by atoms with Crippen LogP contribution in [0.5, 0.6) is 0 Å². The van der Waals surface area contributed by atoms with Crippen LogP contribution < -0.4 is 10.6 Å². The van der Waals surface area contributed by atoms with Crippen molar-refractivity contribution in [2.75, 3.05) is 6.54 Å². The number of aromatic amines is 1. The number of nitrogens with zero attached hydrogens (tertiary/aromatic N) is 2. The van der Waals surface area contributed by atoms with Crippen molar-refractivity contribution in [2.45, 2.75) is 84.8 Å². The first-order chi connectivity index (χ1) is 17.3. The predicted molar refractivity (Wildman–Crippen MR) is 136 cm³/mol. The van der Waals surface area contributed by atoms with E-state index in [2.05, 4.69) is 20.6 Å². The van der Waals surface area contributed by atoms with Gasteiger partial charge in [-0.05, 0) is 50.7 Å². The van der Waals surface area contributed by atoms with Crippen LogP contribution in [0.4, 0.5) is 8.78 Å². The molecule has 202 valence electrons. The van der Waals surface area contributed by atoms with Crippen LogP contribution in [0.15, 0.2) is 24.4 Å². The number of hydrogen-bond donors (Lipinski definition) is 3. The maximum atomic E-state index is 14.2. The van der Waals surface area contributed by atoms with Crippen LogP contribution in [0.25, 0.3) is 11.3 Å². The van der Waals surface area contributed by atoms with Crippen molar-refractivity contribution in [1.82, 2.24) is 25.5 Å². The van der Waals surface area contributed by atoms with Gasteiger partial charge in [0.15, 0.2) is 0 Å². The SMILES string of the molecule is CC(NC(=O)C(CC(=O)N1CCC[C@@H]1C)NC(=O)CCC(C)(C)C)c1ncc(-c2ccc(F)cc2F)[nH]1. The van der Waals surface area contributed by atoms with Crippen molar-refractivity contribution in [1.29, 1.82) is 0 Å². The van der Waals surface area contributed by atoms with E-state index < -0.39 is 29.6 Å². The van der Waals surface area contributed by atoms with Gasteiger partial charge in [-0.2, -0.15) is 0 Å². The van der Waals surface area contributed by atoms with Gasteiger partial charge in [0, 0.05) is 30.6 Å². The maximum Gasteiger partial charge on any atom is 0.243 e. The van der Waals surface area contributed by atoms with E-state index >= 15 is 0 Å². The molecule has 1 aliphatic heterocycles. The molecule has 10 heteroatoms. The number of aromatic nitrogens is 2. The van der Waals surface area contributed by atoms with Gasteiger partial charge in [-0.25, -0.2) is 13.8 Å². The van der Waals surface area contributed by atoms with Gasteiger partial charge in [0.2, 0.25) is 17.7 Å². The monoisotopic (exact) mass is 517 g/mol. The largest absolute Gasteiger partial charge is 0.345 e. The number of carbonyl (C=O) groups is 3. The van der Waals surface area contributed by atoms with E-state index in [1.54, 1.807) is 11.8 Å². The number of rotatable bonds is 9. The van der Waals surface area contributed by atoms with Crippen LogP contribution in [0.1, 0.15) is 78.6 Å². The molecule has 1 aromatic carbocycles. The molecule has 3 amide bonds. The molecular formula is C27H37F2N5O3. The highest BCUT2D eigenvalue weighted by molar-refractivity contribution is 5.92. The lowest BCUT2D eigenvalue weighted by Crippen LogP contribution is -2.50. The fraction of sp³-hybridized carbons (Fsp3) is 0.556. The Kier molecular flexibility index (Phi) is 9.04. The summed E-state index contributed by atoms with van der Waals surface area (Å²) in [5, 5.41) is 5.54. The number of amides is 3. The Balaban J connectivity index is 1.70. The van der Waals surface area contributed by atoms with Gasteiger partial charge in [-0.1, -0.05) is 20.8 Å². The van der Waals surface area contributed by atoms with Crippen molar-refractivity contribution in [3.8, 4) is 11.3 Å². The van der Waals surface area contributed by atoms with E-state index in [0.29, 0.717) is 24.5 Å². The molecule has 1 aromatic heterocycles. The number of imidazole rings is 1. The molecule has 1 fully saturated rings. The van der Waals surface area contributed by atoms with Crippen LogP contribution in [0.3, 0.4) is 0 Å². The van der Waals surface area contributed by atoms with Crippen molar-refractivity contribution in [3.63, 3.8) is 0 Å². The first kappa shape index (κ1) is 28.3. The van der Waals surface area contributed by atoms with Crippen LogP contribution in [0, 0.1) is 17.0 Å². The number of H-pyrrole nitrogens is 1. The van der Waals surface area contributed by atoms with Gasteiger partial charge < -0.3 is 20.5 Å². The normalized spacial score (nSPS) is 17.4. The highest BCUT2D eigenvalue weighted by atomic mass is 19.1. The van der Waals surface area contributed by atoms with Gasteiger partial charge in [0.25, 0.3) is 0 Å². The molecule has 1 saturated heterocycles. The molecule has 1 aliphatic rings. The molecule has 0 saturated carbocycles.